The Hall–Kier alpha value is -1.34. The van der Waals surface area contributed by atoms with E-state index < -0.39 is 17.5 Å². The molecule has 0 radical (unpaired) electrons. The van der Waals surface area contributed by atoms with Crippen molar-refractivity contribution in [3.8, 4) is 11.8 Å². The first kappa shape index (κ1) is 16.7. The highest BCUT2D eigenvalue weighted by Gasteiger charge is 2.43. The van der Waals surface area contributed by atoms with Gasteiger partial charge < -0.3 is 9.47 Å². The Labute approximate surface area is 121 Å². The van der Waals surface area contributed by atoms with Crippen molar-refractivity contribution in [2.75, 3.05) is 13.7 Å². The number of esters is 1. The fraction of sp³-hybridized carbons (Fsp3) is 0.750. The predicted molar refractivity (Wildman–Crippen MR) is 76.0 cm³/mol. The van der Waals surface area contributed by atoms with Crippen LogP contribution in [0.4, 0.5) is 0 Å². The van der Waals surface area contributed by atoms with E-state index in [1.54, 1.807) is 14.0 Å². The van der Waals surface area contributed by atoms with E-state index >= 15 is 0 Å². The average Bonchev–Trinajstić information content (AvgIpc) is 2.46. The van der Waals surface area contributed by atoms with Crippen molar-refractivity contribution < 1.29 is 19.1 Å². The quantitative estimate of drug-likeness (QED) is 0.336. The van der Waals surface area contributed by atoms with Gasteiger partial charge in [0.2, 0.25) is 0 Å². The van der Waals surface area contributed by atoms with Crippen LogP contribution in [0.15, 0.2) is 0 Å². The Morgan fingerprint density at radius 2 is 2.20 bits per heavy atom. The number of methoxy groups -OCH3 is 1. The SMILES string of the molecule is CCCCC#CC1(OC)CCC(=O)C(C(=O)OCC)C1. The van der Waals surface area contributed by atoms with Crippen LogP contribution in [0.25, 0.3) is 0 Å². The number of ketones is 1. The first-order chi connectivity index (χ1) is 9.58. The molecule has 20 heavy (non-hydrogen) atoms. The van der Waals surface area contributed by atoms with E-state index in [2.05, 4.69) is 18.8 Å². The lowest BCUT2D eigenvalue weighted by Crippen LogP contribution is -2.43. The Bertz CT molecular complexity index is 404. The van der Waals surface area contributed by atoms with Gasteiger partial charge in [-0.15, -0.1) is 5.92 Å². The van der Waals surface area contributed by atoms with Gasteiger partial charge in [0.25, 0.3) is 0 Å². The molecule has 1 rings (SSSR count). The first-order valence-corrected chi connectivity index (χ1v) is 7.33. The van der Waals surface area contributed by atoms with Crippen molar-refractivity contribution in [3.63, 3.8) is 0 Å². The van der Waals surface area contributed by atoms with Crippen LogP contribution in [0.5, 0.6) is 0 Å². The molecular formula is C16H24O4. The molecule has 2 atom stereocenters. The number of hydrogen-bond acceptors (Lipinski definition) is 4. The summed E-state index contributed by atoms with van der Waals surface area (Å²) in [5, 5.41) is 0. The molecule has 0 spiro atoms. The molecule has 0 amide bonds. The Morgan fingerprint density at radius 3 is 2.80 bits per heavy atom. The largest absolute Gasteiger partial charge is 0.465 e. The van der Waals surface area contributed by atoms with Crippen LogP contribution in [0.2, 0.25) is 0 Å². The summed E-state index contributed by atoms with van der Waals surface area (Å²) in [7, 11) is 1.59. The number of unbranched alkanes of at least 4 members (excludes halogenated alkanes) is 2. The zero-order valence-electron chi connectivity index (χ0n) is 12.7. The van der Waals surface area contributed by atoms with Gasteiger partial charge in [0.05, 0.1) is 6.61 Å². The molecule has 0 heterocycles. The number of ether oxygens (including phenoxy) is 2. The Morgan fingerprint density at radius 1 is 1.45 bits per heavy atom. The highest BCUT2D eigenvalue weighted by molar-refractivity contribution is 5.99. The maximum atomic E-state index is 11.9. The fourth-order valence-electron chi connectivity index (χ4n) is 2.34. The van der Waals surface area contributed by atoms with Gasteiger partial charge in [-0.25, -0.2) is 0 Å². The number of hydrogen-bond donors (Lipinski definition) is 0. The Kier molecular flexibility index (Phi) is 6.74. The Balaban J connectivity index is 2.79. The summed E-state index contributed by atoms with van der Waals surface area (Å²) in [6.07, 6.45) is 4.14. The smallest absolute Gasteiger partial charge is 0.316 e. The van der Waals surface area contributed by atoms with E-state index in [1.807, 2.05) is 0 Å². The molecule has 0 bridgehead atoms. The van der Waals surface area contributed by atoms with Crippen molar-refractivity contribution in [1.29, 1.82) is 0 Å². The summed E-state index contributed by atoms with van der Waals surface area (Å²) in [5.41, 5.74) is -0.681. The molecule has 0 saturated heterocycles. The van der Waals surface area contributed by atoms with Crippen LogP contribution < -0.4 is 0 Å². The van der Waals surface area contributed by atoms with E-state index in [1.165, 1.54) is 0 Å². The molecule has 4 heteroatoms. The molecule has 0 aliphatic heterocycles. The summed E-state index contributed by atoms with van der Waals surface area (Å²) < 4.78 is 10.5. The summed E-state index contributed by atoms with van der Waals surface area (Å²) in [6.45, 7) is 4.13. The maximum Gasteiger partial charge on any atom is 0.316 e. The zero-order chi connectivity index (χ0) is 15.0. The lowest BCUT2D eigenvalue weighted by molar-refractivity contribution is -0.156. The lowest BCUT2D eigenvalue weighted by Gasteiger charge is -2.34. The van der Waals surface area contributed by atoms with Crippen LogP contribution in [0.1, 0.15) is 52.4 Å². The number of Topliss-reactive ketones (excluding diaryl/α,β-unsaturated/α-hetero) is 1. The molecule has 1 aliphatic carbocycles. The topological polar surface area (TPSA) is 52.6 Å². The third-order valence-corrected chi connectivity index (χ3v) is 3.63. The maximum absolute atomic E-state index is 11.9. The van der Waals surface area contributed by atoms with Crippen LogP contribution in [0, 0.1) is 17.8 Å². The third-order valence-electron chi connectivity index (χ3n) is 3.63. The van der Waals surface area contributed by atoms with Crippen LogP contribution in [-0.4, -0.2) is 31.1 Å². The second kappa shape index (κ2) is 8.06. The third kappa shape index (κ3) is 4.35. The van der Waals surface area contributed by atoms with Gasteiger partial charge in [-0.2, -0.15) is 0 Å². The molecule has 2 unspecified atom stereocenters. The monoisotopic (exact) mass is 280 g/mol. The minimum atomic E-state index is -0.732. The normalized spacial score (nSPS) is 25.8. The molecule has 0 N–H and O–H groups in total. The standard InChI is InChI=1S/C16H24O4/c1-4-6-7-8-10-16(19-3)11-9-14(17)13(12-16)15(18)20-5-2/h13H,4-7,9,11-12H2,1-3H3. The summed E-state index contributed by atoms with van der Waals surface area (Å²) >= 11 is 0. The van der Waals surface area contributed by atoms with Crippen molar-refractivity contribution in [2.45, 2.75) is 58.0 Å². The zero-order valence-corrected chi connectivity index (χ0v) is 12.7. The van der Waals surface area contributed by atoms with Gasteiger partial charge in [0, 0.05) is 26.4 Å². The molecule has 0 aromatic carbocycles. The van der Waals surface area contributed by atoms with E-state index in [0.717, 1.165) is 19.3 Å². The minimum Gasteiger partial charge on any atom is -0.465 e. The predicted octanol–water partition coefficient (Wildman–Crippen LogP) is 2.50. The second-order valence-corrected chi connectivity index (χ2v) is 5.08. The van der Waals surface area contributed by atoms with Gasteiger partial charge in [0.15, 0.2) is 0 Å². The molecule has 1 aliphatic rings. The van der Waals surface area contributed by atoms with Crippen molar-refractivity contribution in [2.24, 2.45) is 5.92 Å². The van der Waals surface area contributed by atoms with E-state index in [4.69, 9.17) is 9.47 Å². The van der Waals surface area contributed by atoms with Gasteiger partial charge in [0.1, 0.15) is 17.3 Å². The van der Waals surface area contributed by atoms with Gasteiger partial charge in [-0.05, 0) is 19.8 Å². The van der Waals surface area contributed by atoms with Crippen molar-refractivity contribution in [1.82, 2.24) is 0 Å². The average molecular weight is 280 g/mol. The summed E-state index contributed by atoms with van der Waals surface area (Å²) in [6, 6.07) is 0. The highest BCUT2D eigenvalue weighted by Crippen LogP contribution is 2.33. The van der Waals surface area contributed by atoms with Crippen molar-refractivity contribution in [3.05, 3.63) is 0 Å². The molecule has 1 fully saturated rings. The molecule has 112 valence electrons. The first-order valence-electron chi connectivity index (χ1n) is 7.33. The van der Waals surface area contributed by atoms with Crippen LogP contribution >= 0.6 is 0 Å². The van der Waals surface area contributed by atoms with E-state index in [-0.39, 0.29) is 12.4 Å². The summed E-state index contributed by atoms with van der Waals surface area (Å²) in [5.74, 6) is 5.00. The number of rotatable bonds is 5. The van der Waals surface area contributed by atoms with Crippen LogP contribution in [-0.2, 0) is 19.1 Å². The summed E-state index contributed by atoms with van der Waals surface area (Å²) in [4.78, 5) is 23.7. The van der Waals surface area contributed by atoms with Gasteiger partial charge in [-0.1, -0.05) is 19.3 Å². The van der Waals surface area contributed by atoms with Gasteiger partial charge in [-0.3, -0.25) is 9.59 Å². The fourth-order valence-corrected chi connectivity index (χ4v) is 2.34. The molecular weight excluding hydrogens is 256 g/mol. The molecule has 0 aromatic heterocycles. The van der Waals surface area contributed by atoms with E-state index in [0.29, 0.717) is 19.3 Å². The minimum absolute atomic E-state index is 0.0634. The number of carbonyl (C=O) groups excluding carboxylic acids is 2. The van der Waals surface area contributed by atoms with E-state index in [9.17, 15) is 9.59 Å². The number of carbonyl (C=O) groups is 2. The second-order valence-electron chi connectivity index (χ2n) is 5.08. The van der Waals surface area contributed by atoms with Crippen LogP contribution in [0.3, 0.4) is 0 Å². The molecule has 0 aromatic rings. The molecule has 1 saturated carbocycles. The van der Waals surface area contributed by atoms with Gasteiger partial charge >= 0.3 is 5.97 Å². The molecule has 4 nitrogen and oxygen atoms in total. The van der Waals surface area contributed by atoms with Crippen molar-refractivity contribution >= 4 is 11.8 Å². The highest BCUT2D eigenvalue weighted by atomic mass is 16.5. The lowest BCUT2D eigenvalue weighted by atomic mass is 9.77.